The van der Waals surface area contributed by atoms with E-state index in [0.717, 1.165) is 29.1 Å². The Balaban J connectivity index is 1.41. The summed E-state index contributed by atoms with van der Waals surface area (Å²) in [6.07, 6.45) is 12.5. The lowest BCUT2D eigenvalue weighted by atomic mass is 10.1. The number of benzene rings is 2. The molecule has 0 radical (unpaired) electrons. The van der Waals surface area contributed by atoms with E-state index < -0.39 is 5.97 Å². The van der Waals surface area contributed by atoms with Crippen LogP contribution in [0, 0.1) is 11.3 Å². The molecule has 222 valence electrons. The van der Waals surface area contributed by atoms with E-state index in [1.165, 1.54) is 93.1 Å². The average Bonchev–Trinajstić information content (AvgIpc) is 3.69. The number of anilines is 2. The molecule has 0 spiro atoms. The lowest BCUT2D eigenvalue weighted by molar-refractivity contribution is -0.132. The van der Waals surface area contributed by atoms with Gasteiger partial charge in [0.05, 0.1) is 11.4 Å². The van der Waals surface area contributed by atoms with E-state index in [1.54, 1.807) is 17.8 Å². The van der Waals surface area contributed by atoms with Crippen LogP contribution in [0.25, 0.3) is 26.3 Å². The summed E-state index contributed by atoms with van der Waals surface area (Å²) in [5, 5.41) is 18.6. The van der Waals surface area contributed by atoms with Crippen molar-refractivity contribution >= 4 is 57.9 Å². The fraction of sp³-hybridized carbons (Fsp3) is 0.333. The number of thiophene rings is 2. The van der Waals surface area contributed by atoms with Gasteiger partial charge in [-0.25, -0.2) is 4.79 Å². The molecular formula is C36H38N2O2S3. The predicted molar refractivity (Wildman–Crippen MR) is 184 cm³/mol. The van der Waals surface area contributed by atoms with Gasteiger partial charge < -0.3 is 10.0 Å². The molecule has 0 aliphatic carbocycles. The number of unbranched alkanes of at least 4 members (excludes halogenated alkanes) is 6. The maximum absolute atomic E-state index is 11.4. The van der Waals surface area contributed by atoms with Gasteiger partial charge in [-0.05, 0) is 85.0 Å². The zero-order valence-electron chi connectivity index (χ0n) is 24.9. The monoisotopic (exact) mass is 626 g/mol. The highest BCUT2D eigenvalue weighted by Crippen LogP contribution is 2.50. The third kappa shape index (κ3) is 7.62. The van der Waals surface area contributed by atoms with Gasteiger partial charge in [0.15, 0.2) is 0 Å². The number of fused-ring (bicyclic) bond motifs is 2. The van der Waals surface area contributed by atoms with Crippen molar-refractivity contribution in [3.05, 3.63) is 76.7 Å². The van der Waals surface area contributed by atoms with E-state index in [9.17, 15) is 15.2 Å². The Kier molecular flexibility index (Phi) is 10.8. The Hall–Kier alpha value is -3.31. The van der Waals surface area contributed by atoms with Gasteiger partial charge in [0.2, 0.25) is 0 Å². The summed E-state index contributed by atoms with van der Waals surface area (Å²) in [5.74, 6) is -1.21. The van der Waals surface area contributed by atoms with E-state index in [0.29, 0.717) is 0 Å². The van der Waals surface area contributed by atoms with E-state index in [1.807, 2.05) is 34.8 Å². The number of carboxylic acid groups (broad SMARTS) is 1. The molecule has 0 fully saturated rings. The molecular weight excluding hydrogens is 589 g/mol. The minimum atomic E-state index is -1.21. The van der Waals surface area contributed by atoms with Gasteiger partial charge in [0.1, 0.15) is 11.6 Å². The molecule has 2 aromatic carbocycles. The van der Waals surface area contributed by atoms with Crippen LogP contribution in [0.2, 0.25) is 0 Å². The summed E-state index contributed by atoms with van der Waals surface area (Å²) in [6.45, 7) is 5.41. The lowest BCUT2D eigenvalue weighted by Crippen LogP contribution is -2.22. The van der Waals surface area contributed by atoms with E-state index >= 15 is 0 Å². The van der Waals surface area contributed by atoms with Crippen molar-refractivity contribution in [1.82, 2.24) is 0 Å². The summed E-state index contributed by atoms with van der Waals surface area (Å²) in [4.78, 5) is 21.5. The number of nitrogens with zero attached hydrogens (tertiary/aromatic N) is 2. The zero-order valence-corrected chi connectivity index (χ0v) is 27.3. The SMILES string of the molecule is CCCCCCc1ccc(-c2ccc(-c3ccc4c(c3)Sc3cc(/C=C(\C#N)C(=O)O)ccc3N4CCCCCC)s2)s1. The zero-order chi connectivity index (χ0) is 30.2. The first kappa shape index (κ1) is 31.1. The number of nitriles is 1. The van der Waals surface area contributed by atoms with Crippen LogP contribution >= 0.6 is 34.4 Å². The first-order chi connectivity index (χ1) is 21.0. The Bertz CT molecular complexity index is 1640. The highest BCUT2D eigenvalue weighted by atomic mass is 32.2. The second-order valence-corrected chi connectivity index (χ2v) is 14.3. The fourth-order valence-electron chi connectivity index (χ4n) is 5.39. The van der Waals surface area contributed by atoms with E-state index in [-0.39, 0.29) is 5.57 Å². The Morgan fingerprint density at radius 2 is 1.49 bits per heavy atom. The molecule has 0 saturated heterocycles. The number of hydrogen-bond acceptors (Lipinski definition) is 6. The number of aliphatic carboxylic acids is 1. The molecule has 43 heavy (non-hydrogen) atoms. The van der Waals surface area contributed by atoms with Crippen molar-refractivity contribution in [2.45, 2.75) is 81.4 Å². The number of aryl methyl sites for hydroxylation is 1. The molecule has 4 aromatic rings. The molecule has 0 bridgehead atoms. The molecule has 3 heterocycles. The second-order valence-electron chi connectivity index (χ2n) is 10.9. The van der Waals surface area contributed by atoms with Crippen LogP contribution in [0.4, 0.5) is 11.4 Å². The van der Waals surface area contributed by atoms with Crippen LogP contribution in [-0.4, -0.2) is 17.6 Å². The van der Waals surface area contributed by atoms with Crippen LogP contribution in [0.15, 0.2) is 76.0 Å². The van der Waals surface area contributed by atoms with Crippen molar-refractivity contribution in [2.75, 3.05) is 11.4 Å². The molecule has 1 aliphatic rings. The minimum absolute atomic E-state index is 0.261. The van der Waals surface area contributed by atoms with Crippen molar-refractivity contribution in [2.24, 2.45) is 0 Å². The highest BCUT2D eigenvalue weighted by molar-refractivity contribution is 7.99. The fourth-order valence-corrected chi connectivity index (χ4v) is 8.71. The van der Waals surface area contributed by atoms with Gasteiger partial charge in [-0.15, -0.1) is 22.7 Å². The topological polar surface area (TPSA) is 64.3 Å². The number of carbonyl (C=O) groups is 1. The van der Waals surface area contributed by atoms with Crippen LogP contribution in [-0.2, 0) is 11.2 Å². The second kappa shape index (κ2) is 14.9. The average molecular weight is 627 g/mol. The number of rotatable bonds is 14. The maximum atomic E-state index is 11.4. The molecule has 7 heteroatoms. The van der Waals surface area contributed by atoms with Crippen LogP contribution in [0.1, 0.15) is 75.7 Å². The molecule has 0 saturated carbocycles. The van der Waals surface area contributed by atoms with E-state index in [2.05, 4.69) is 67.3 Å². The number of hydrogen-bond donors (Lipinski definition) is 1. The molecule has 2 aromatic heterocycles. The van der Waals surface area contributed by atoms with Crippen molar-refractivity contribution in [3.8, 4) is 26.3 Å². The molecule has 0 atom stereocenters. The van der Waals surface area contributed by atoms with E-state index in [4.69, 9.17) is 0 Å². The first-order valence-electron chi connectivity index (χ1n) is 15.3. The normalized spacial score (nSPS) is 12.6. The molecule has 1 aliphatic heterocycles. The largest absolute Gasteiger partial charge is 0.477 e. The van der Waals surface area contributed by atoms with Crippen molar-refractivity contribution in [3.63, 3.8) is 0 Å². The third-order valence-corrected chi connectivity index (χ3v) is 11.3. The van der Waals surface area contributed by atoms with Crippen LogP contribution in [0.3, 0.4) is 0 Å². The summed E-state index contributed by atoms with van der Waals surface area (Å²) >= 11 is 5.49. The Labute approximate surface area is 267 Å². The smallest absolute Gasteiger partial charge is 0.346 e. The summed E-state index contributed by atoms with van der Waals surface area (Å²) in [5.41, 5.74) is 4.02. The van der Waals surface area contributed by atoms with Gasteiger partial charge in [-0.2, -0.15) is 5.26 Å². The highest BCUT2D eigenvalue weighted by Gasteiger charge is 2.24. The summed E-state index contributed by atoms with van der Waals surface area (Å²) in [6, 6.07) is 23.6. The third-order valence-electron chi connectivity index (χ3n) is 7.71. The first-order valence-corrected chi connectivity index (χ1v) is 17.7. The minimum Gasteiger partial charge on any atom is -0.477 e. The van der Waals surface area contributed by atoms with Crippen LogP contribution in [0.5, 0.6) is 0 Å². The van der Waals surface area contributed by atoms with Crippen molar-refractivity contribution < 1.29 is 9.90 Å². The summed E-state index contributed by atoms with van der Waals surface area (Å²) < 4.78 is 0. The maximum Gasteiger partial charge on any atom is 0.346 e. The molecule has 0 amide bonds. The van der Waals surface area contributed by atoms with Crippen molar-refractivity contribution in [1.29, 1.82) is 5.26 Å². The quantitative estimate of drug-likeness (QED) is 0.0857. The lowest BCUT2D eigenvalue weighted by Gasteiger charge is -2.33. The molecule has 0 unspecified atom stereocenters. The molecule has 5 rings (SSSR count). The van der Waals surface area contributed by atoms with Gasteiger partial charge >= 0.3 is 5.97 Å². The van der Waals surface area contributed by atoms with Gasteiger partial charge in [-0.3, -0.25) is 0 Å². The summed E-state index contributed by atoms with van der Waals surface area (Å²) in [7, 11) is 0. The Morgan fingerprint density at radius 3 is 2.23 bits per heavy atom. The predicted octanol–water partition coefficient (Wildman–Crippen LogP) is 11.4. The van der Waals surface area contributed by atoms with Gasteiger partial charge in [-0.1, -0.05) is 76.3 Å². The van der Waals surface area contributed by atoms with Gasteiger partial charge in [0, 0.05) is 35.8 Å². The van der Waals surface area contributed by atoms with Crippen LogP contribution < -0.4 is 4.90 Å². The number of carboxylic acids is 1. The standard InChI is InChI=1S/C36H38N2O2S3/c1-3-5-7-9-11-28-14-17-32(41-28)33-19-18-31(42-33)26-13-16-30-35(23-26)43-34-22-25(21-27(24-37)36(39)40)12-15-29(34)38(30)20-10-8-6-4-2/h12-19,21-23H,3-11,20H2,1-2H3,(H,39,40)/b27-21+. The molecule has 4 nitrogen and oxygen atoms in total. The molecule has 1 N–H and O–H groups in total. The van der Waals surface area contributed by atoms with Gasteiger partial charge in [0.25, 0.3) is 0 Å². The Morgan fingerprint density at radius 1 is 0.814 bits per heavy atom.